The molecular weight excluding hydrogens is 350 g/mol. The number of carbonyl (C=O) groups is 1. The third kappa shape index (κ3) is 3.73. The molecule has 0 amide bonds. The fourth-order valence-corrected chi connectivity index (χ4v) is 3.07. The monoisotopic (exact) mass is 365 g/mol. The first-order chi connectivity index (χ1) is 12.8. The summed E-state index contributed by atoms with van der Waals surface area (Å²) in [5.41, 5.74) is 1.35. The van der Waals surface area contributed by atoms with Crippen molar-refractivity contribution in [3.05, 3.63) is 78.0 Å². The van der Waals surface area contributed by atoms with Crippen molar-refractivity contribution in [1.29, 1.82) is 0 Å². The van der Waals surface area contributed by atoms with Gasteiger partial charge in [-0.05, 0) is 35.7 Å². The van der Waals surface area contributed by atoms with Gasteiger partial charge >= 0.3 is 0 Å². The van der Waals surface area contributed by atoms with Crippen LogP contribution in [0.15, 0.2) is 71.2 Å². The number of aromatic nitrogens is 3. The van der Waals surface area contributed by atoms with Gasteiger partial charge in [0.05, 0.1) is 17.7 Å². The van der Waals surface area contributed by atoms with Gasteiger partial charge in [0.1, 0.15) is 24.3 Å². The Kier molecular flexibility index (Phi) is 4.61. The van der Waals surface area contributed by atoms with Crippen LogP contribution >= 0.6 is 11.3 Å². The van der Waals surface area contributed by atoms with Gasteiger partial charge in [0.15, 0.2) is 5.78 Å². The molecule has 4 rings (SSSR count). The molecule has 4 aromatic rings. The molecule has 0 aliphatic rings. The van der Waals surface area contributed by atoms with E-state index in [1.807, 2.05) is 17.5 Å². The van der Waals surface area contributed by atoms with Crippen molar-refractivity contribution < 1.29 is 13.9 Å². The fraction of sp³-hybridized carbons (Fsp3) is 0.105. The van der Waals surface area contributed by atoms with Gasteiger partial charge in [0, 0.05) is 18.0 Å². The van der Waals surface area contributed by atoms with Crippen LogP contribution in [0.2, 0.25) is 0 Å². The van der Waals surface area contributed by atoms with Crippen molar-refractivity contribution in [2.75, 3.05) is 0 Å². The van der Waals surface area contributed by atoms with Crippen molar-refractivity contribution >= 4 is 17.1 Å². The van der Waals surface area contributed by atoms with Gasteiger partial charge in [-0.25, -0.2) is 9.97 Å². The molecule has 0 saturated heterocycles. The number of benzene rings is 1. The van der Waals surface area contributed by atoms with Crippen molar-refractivity contribution in [2.24, 2.45) is 0 Å². The minimum atomic E-state index is 0.0200. The molecule has 0 spiro atoms. The van der Waals surface area contributed by atoms with Crippen LogP contribution in [0, 0.1) is 0 Å². The number of hydrogen-bond donors (Lipinski definition) is 0. The smallest absolute Gasteiger partial charge is 0.236 e. The molecule has 0 aliphatic heterocycles. The molecule has 3 aromatic heterocycles. The highest BCUT2D eigenvalue weighted by molar-refractivity contribution is 7.13. The fourth-order valence-electron chi connectivity index (χ4n) is 2.42. The lowest BCUT2D eigenvalue weighted by molar-refractivity contribution is 0.0972. The summed E-state index contributed by atoms with van der Waals surface area (Å²) in [7, 11) is 0. The number of imidazole rings is 1. The second-order valence-corrected chi connectivity index (χ2v) is 6.54. The van der Waals surface area contributed by atoms with Crippen molar-refractivity contribution in [3.8, 4) is 16.5 Å². The lowest BCUT2D eigenvalue weighted by Gasteiger charge is -2.06. The van der Waals surface area contributed by atoms with E-state index >= 15 is 0 Å². The standard InChI is InChI=1S/C19H15N3O3S/c23-17(10-22-8-7-20-13-22)14-3-5-16(6-4-14)24-11-15-12-25-19(21-15)18-2-1-9-26-18/h1-9,12-13H,10-11H2. The van der Waals surface area contributed by atoms with E-state index < -0.39 is 0 Å². The van der Waals surface area contributed by atoms with E-state index in [0.29, 0.717) is 29.5 Å². The summed E-state index contributed by atoms with van der Waals surface area (Å²) in [5.74, 6) is 1.29. The van der Waals surface area contributed by atoms with Crippen LogP contribution < -0.4 is 4.74 Å². The maximum absolute atomic E-state index is 12.2. The first-order valence-corrected chi connectivity index (χ1v) is 8.86. The second-order valence-electron chi connectivity index (χ2n) is 5.59. The lowest BCUT2D eigenvalue weighted by Crippen LogP contribution is -2.08. The molecule has 6 nitrogen and oxygen atoms in total. The number of hydrogen-bond acceptors (Lipinski definition) is 6. The predicted molar refractivity (Wildman–Crippen MR) is 97.1 cm³/mol. The molecule has 0 aliphatic carbocycles. The zero-order chi connectivity index (χ0) is 17.8. The molecule has 0 unspecified atom stereocenters. The Hall–Kier alpha value is -3.19. The summed E-state index contributed by atoms with van der Waals surface area (Å²) in [4.78, 5) is 21.5. The van der Waals surface area contributed by atoms with Gasteiger partial charge in [-0.2, -0.15) is 0 Å². The van der Waals surface area contributed by atoms with Gasteiger partial charge in [-0.3, -0.25) is 4.79 Å². The number of nitrogens with zero attached hydrogens (tertiary/aromatic N) is 3. The van der Waals surface area contributed by atoms with Crippen LogP contribution in [-0.2, 0) is 13.2 Å². The van der Waals surface area contributed by atoms with Crippen LogP contribution in [-0.4, -0.2) is 20.3 Å². The van der Waals surface area contributed by atoms with Crippen LogP contribution in [0.25, 0.3) is 10.8 Å². The number of thiophene rings is 1. The molecule has 3 heterocycles. The number of carbonyl (C=O) groups excluding carboxylic acids is 1. The number of oxazole rings is 1. The second kappa shape index (κ2) is 7.37. The van der Waals surface area contributed by atoms with Gasteiger partial charge in [-0.1, -0.05) is 6.07 Å². The summed E-state index contributed by atoms with van der Waals surface area (Å²) in [6.07, 6.45) is 6.63. The minimum absolute atomic E-state index is 0.0200. The summed E-state index contributed by atoms with van der Waals surface area (Å²) in [6, 6.07) is 11.0. The SMILES string of the molecule is O=C(Cn1ccnc1)c1ccc(OCc2coc(-c3cccs3)n2)cc1. The van der Waals surface area contributed by atoms with E-state index in [-0.39, 0.29) is 12.3 Å². The highest BCUT2D eigenvalue weighted by Gasteiger charge is 2.09. The van der Waals surface area contributed by atoms with Crippen molar-refractivity contribution in [3.63, 3.8) is 0 Å². The van der Waals surface area contributed by atoms with E-state index in [9.17, 15) is 4.79 Å². The zero-order valence-electron chi connectivity index (χ0n) is 13.7. The third-order valence-electron chi connectivity index (χ3n) is 3.73. The van der Waals surface area contributed by atoms with E-state index in [1.54, 1.807) is 65.2 Å². The van der Waals surface area contributed by atoms with E-state index in [0.717, 1.165) is 4.88 Å². The average Bonchev–Trinajstić information content (AvgIpc) is 3.41. The topological polar surface area (TPSA) is 70.2 Å². The molecule has 0 N–H and O–H groups in total. The van der Waals surface area contributed by atoms with E-state index in [4.69, 9.17) is 9.15 Å². The molecule has 0 radical (unpaired) electrons. The molecule has 1 aromatic carbocycles. The van der Waals surface area contributed by atoms with Crippen molar-refractivity contribution in [1.82, 2.24) is 14.5 Å². The molecule has 26 heavy (non-hydrogen) atoms. The number of Topliss-reactive ketones (excluding diaryl/α,β-unsaturated/α-hetero) is 1. The van der Waals surface area contributed by atoms with Gasteiger partial charge < -0.3 is 13.7 Å². The maximum atomic E-state index is 12.2. The van der Waals surface area contributed by atoms with Crippen molar-refractivity contribution in [2.45, 2.75) is 13.2 Å². The van der Waals surface area contributed by atoms with E-state index in [2.05, 4.69) is 9.97 Å². The summed E-state index contributed by atoms with van der Waals surface area (Å²) in [5, 5.41) is 1.98. The molecular formula is C19H15N3O3S. The first kappa shape index (κ1) is 16.3. The summed E-state index contributed by atoms with van der Waals surface area (Å²) < 4.78 is 12.9. The Labute approximate surface area is 153 Å². The Balaban J connectivity index is 1.35. The Bertz CT molecular complexity index is 974. The van der Waals surface area contributed by atoms with Gasteiger partial charge in [-0.15, -0.1) is 11.3 Å². The van der Waals surface area contributed by atoms with Gasteiger partial charge in [0.2, 0.25) is 5.89 Å². The Morgan fingerprint density at radius 2 is 2.12 bits per heavy atom. The molecule has 0 atom stereocenters. The summed E-state index contributed by atoms with van der Waals surface area (Å²) >= 11 is 1.57. The Morgan fingerprint density at radius 3 is 2.85 bits per heavy atom. The zero-order valence-corrected chi connectivity index (χ0v) is 14.6. The predicted octanol–water partition coefficient (Wildman–Crippen LogP) is 4.06. The molecule has 0 saturated carbocycles. The third-order valence-corrected chi connectivity index (χ3v) is 4.59. The van der Waals surface area contributed by atoms with Crippen LogP contribution in [0.1, 0.15) is 16.1 Å². The van der Waals surface area contributed by atoms with Crippen LogP contribution in [0.3, 0.4) is 0 Å². The minimum Gasteiger partial charge on any atom is -0.487 e. The molecule has 0 fully saturated rings. The lowest BCUT2D eigenvalue weighted by atomic mass is 10.1. The molecule has 7 heteroatoms. The Morgan fingerprint density at radius 1 is 1.23 bits per heavy atom. The van der Waals surface area contributed by atoms with Crippen LogP contribution in [0.5, 0.6) is 5.75 Å². The number of ether oxygens (including phenoxy) is 1. The average molecular weight is 365 g/mol. The number of rotatable bonds is 7. The van der Waals surface area contributed by atoms with Crippen LogP contribution in [0.4, 0.5) is 0 Å². The highest BCUT2D eigenvalue weighted by Crippen LogP contribution is 2.24. The quantitative estimate of drug-likeness (QED) is 0.462. The first-order valence-electron chi connectivity index (χ1n) is 7.98. The molecule has 130 valence electrons. The largest absolute Gasteiger partial charge is 0.487 e. The maximum Gasteiger partial charge on any atom is 0.236 e. The highest BCUT2D eigenvalue weighted by atomic mass is 32.1. The van der Waals surface area contributed by atoms with E-state index in [1.165, 1.54) is 0 Å². The number of ketones is 1. The normalized spacial score (nSPS) is 10.8. The molecule has 0 bridgehead atoms. The van der Waals surface area contributed by atoms with Gasteiger partial charge in [0.25, 0.3) is 0 Å². The summed E-state index contributed by atoms with van der Waals surface area (Å²) in [6.45, 7) is 0.571.